The number of para-hydroxylation sites is 2. The van der Waals surface area contributed by atoms with Gasteiger partial charge in [-0.1, -0.05) is 179 Å². The third kappa shape index (κ3) is 28.4. The molecule has 29 nitrogen and oxygen atoms in total. The van der Waals surface area contributed by atoms with Crippen molar-refractivity contribution in [1.29, 1.82) is 21.0 Å². The standard InChI is InChI=1S/C31H27N7O2.C27H20ClF2N5O.C26H21ClFN5O.C26H20N6O2.3CH4/c32-19-23-5-7-24(8-6-23)20-37-22-33-35-30(37)21-38(27-12-10-26(11-13-27)36-15-17-40-18-16-36)31(39)29-14-9-25-3-1-2-4-28(25)34-29;28-24-4-2-1-3-21(24)10-12-27(36)34(16-22-9-11-23(29)13-25(22)30)17-26-33-32-18-35(26)15-20-7-5-19(14-31)6-8-20;1-18-11-24(28)10-9-22(18)15-32(26(34)21-3-2-4-23(27)12-21)16-25-31-30-17-33(25)14-20-7-5-19(13-29)6-8-20;27-14-19-7-9-20(10-8-19)15-32-18-28-30-25(32)17-31(16-22-5-3-13-34-22)26(33)24-12-11-21-4-1-2-6-23(21)29-24;;;/h1-14,22H,15-18,20-21H2;1-13,18H,15-17H2;2-12,17H,14-16H2,1H3;1-13,18H,15-17H2;3*1H4/b;12-10+;;;;;. The first-order valence-electron chi connectivity index (χ1n) is 45.4. The van der Waals surface area contributed by atoms with E-state index in [-0.39, 0.29) is 97.2 Å². The van der Waals surface area contributed by atoms with Crippen molar-refractivity contribution < 1.29 is 41.5 Å². The number of morpholine rings is 1. The third-order valence-corrected chi connectivity index (χ3v) is 24.1. The molecule has 1 fully saturated rings. The number of ether oxygens (including phenoxy) is 1. The Bertz CT molecular complexity index is 7760. The van der Waals surface area contributed by atoms with Crippen LogP contribution in [-0.2, 0) is 81.5 Å². The van der Waals surface area contributed by atoms with Gasteiger partial charge in [0.05, 0.1) is 136 Å². The van der Waals surface area contributed by atoms with E-state index in [9.17, 15) is 32.3 Å². The Balaban J connectivity index is 0.000000163. The predicted molar refractivity (Wildman–Crippen MR) is 554 cm³/mol. The summed E-state index contributed by atoms with van der Waals surface area (Å²) in [5.41, 5.74) is 13.1. The number of carbonyl (C=O) groups excluding carboxylic acids is 4. The molecule has 0 atom stereocenters. The quantitative estimate of drug-likeness (QED) is 0.0393. The molecule has 8 heterocycles. The zero-order valence-electron chi connectivity index (χ0n) is 77.5. The number of hydrogen-bond donors (Lipinski definition) is 0. The van der Waals surface area contributed by atoms with Gasteiger partial charge >= 0.3 is 0 Å². The molecule has 34 heteroatoms. The van der Waals surface area contributed by atoms with Gasteiger partial charge in [0.1, 0.15) is 59.9 Å². The van der Waals surface area contributed by atoms with E-state index in [2.05, 4.69) is 79.9 Å². The summed E-state index contributed by atoms with van der Waals surface area (Å²) in [6.07, 6.45) is 11.0. The molecule has 0 aliphatic carbocycles. The van der Waals surface area contributed by atoms with E-state index in [4.69, 9.17) is 53.4 Å². The summed E-state index contributed by atoms with van der Waals surface area (Å²) in [7, 11) is 0. The number of furan rings is 1. The molecule has 18 aromatic rings. The fourth-order valence-corrected chi connectivity index (χ4v) is 16.1. The van der Waals surface area contributed by atoms with Crippen LogP contribution in [0.4, 0.5) is 24.5 Å². The van der Waals surface area contributed by atoms with Gasteiger partial charge in [0.15, 0.2) is 23.3 Å². The number of amides is 4. The number of halogens is 5. The SMILES string of the molecule is C.C.C.Cc1cc(F)ccc1CN(Cc1nncn1Cc1ccc(C#N)cc1)C(=O)c1cccc(Cl)c1.N#Cc1ccc(Cn2cnnc2CN(C(=O)c2ccc3ccccc3n2)c2ccc(N3CCOCC3)cc2)cc1.N#Cc1ccc(Cn2cnnc2CN(Cc2ccc(F)cc2F)C(=O)/C=C/c2ccccc2Cl)cc1.N#Cc1ccc(Cn2cnnc2CN(Cc2ccco2)C(=O)c2ccc3ccccc3n2)cc1. The number of nitrogens with zero attached hydrogens (tertiary/aromatic N) is 23. The van der Waals surface area contributed by atoms with E-state index >= 15 is 0 Å². The van der Waals surface area contributed by atoms with Crippen LogP contribution < -0.4 is 9.80 Å². The second kappa shape index (κ2) is 51.5. The molecule has 1 aliphatic heterocycles. The molecule has 0 N–H and O–H groups in total. The first-order valence-corrected chi connectivity index (χ1v) is 46.1. The number of nitriles is 4. The summed E-state index contributed by atoms with van der Waals surface area (Å²) >= 11 is 12.3. The zero-order chi connectivity index (χ0) is 100. The van der Waals surface area contributed by atoms with Crippen LogP contribution in [0, 0.1) is 69.7 Å². The van der Waals surface area contributed by atoms with Crippen molar-refractivity contribution in [2.24, 2.45) is 0 Å². The number of rotatable bonds is 29. The minimum absolute atomic E-state index is 0. The van der Waals surface area contributed by atoms with E-state index in [1.807, 2.05) is 160 Å². The molecule has 1 aliphatic rings. The number of benzene rings is 11. The number of pyridine rings is 2. The van der Waals surface area contributed by atoms with Gasteiger partial charge in [0.2, 0.25) is 5.91 Å². The van der Waals surface area contributed by atoms with Crippen molar-refractivity contribution in [2.75, 3.05) is 36.1 Å². The maximum atomic E-state index is 14.4. The van der Waals surface area contributed by atoms with Gasteiger partial charge in [-0.05, 0) is 204 Å². The zero-order valence-corrected chi connectivity index (χ0v) is 79.0. The highest BCUT2D eigenvalue weighted by atomic mass is 35.5. The lowest BCUT2D eigenvalue weighted by Crippen LogP contribution is -2.36. The van der Waals surface area contributed by atoms with Gasteiger partial charge in [-0.2, -0.15) is 21.0 Å². The predicted octanol–water partition coefficient (Wildman–Crippen LogP) is 21.0. The summed E-state index contributed by atoms with van der Waals surface area (Å²) in [4.78, 5) is 72.0. The molecule has 0 unspecified atom stereocenters. The monoisotopic (exact) mass is 2000 g/mol. The number of anilines is 2. The number of aromatic nitrogens is 14. The Hall–Kier alpha value is -18.2. The molecular weight excluding hydrogens is 1900 g/mol. The van der Waals surface area contributed by atoms with Crippen LogP contribution in [0.1, 0.15) is 149 Å². The van der Waals surface area contributed by atoms with Gasteiger partial charge in [-0.3, -0.25) is 24.1 Å². The molecule has 0 bridgehead atoms. The maximum Gasteiger partial charge on any atom is 0.277 e. The van der Waals surface area contributed by atoms with Crippen LogP contribution in [0.2, 0.25) is 10.0 Å². The molecule has 19 rings (SSSR count). The van der Waals surface area contributed by atoms with Crippen LogP contribution in [0.5, 0.6) is 0 Å². The largest absolute Gasteiger partial charge is 0.467 e. The fraction of sp³-hybridized carbons (Fsp3) is 0.168. The van der Waals surface area contributed by atoms with Crippen molar-refractivity contribution in [3.63, 3.8) is 0 Å². The van der Waals surface area contributed by atoms with Crippen molar-refractivity contribution in [1.82, 2.24) is 83.7 Å². The van der Waals surface area contributed by atoms with Gasteiger partial charge in [-0.15, -0.1) is 40.8 Å². The lowest BCUT2D eigenvalue weighted by Gasteiger charge is -2.29. The lowest BCUT2D eigenvalue weighted by molar-refractivity contribution is -0.127. The Morgan fingerprint density at radius 2 is 0.864 bits per heavy atom. The van der Waals surface area contributed by atoms with Crippen molar-refractivity contribution in [3.8, 4) is 24.3 Å². The van der Waals surface area contributed by atoms with Crippen LogP contribution in [0.25, 0.3) is 27.9 Å². The molecule has 7 aromatic heterocycles. The smallest absolute Gasteiger partial charge is 0.277 e. The number of fused-ring (bicyclic) bond motifs is 2. The van der Waals surface area contributed by atoms with Crippen LogP contribution >= 0.6 is 23.2 Å². The Morgan fingerprint density at radius 1 is 0.422 bits per heavy atom. The summed E-state index contributed by atoms with van der Waals surface area (Å²) in [6, 6.07) is 93.5. The fourth-order valence-electron chi connectivity index (χ4n) is 15.7. The molecule has 738 valence electrons. The van der Waals surface area contributed by atoms with E-state index in [0.717, 1.165) is 91.8 Å². The van der Waals surface area contributed by atoms with Gasteiger partial charge in [0.25, 0.3) is 17.7 Å². The highest BCUT2D eigenvalue weighted by Crippen LogP contribution is 2.29. The average Bonchev–Trinajstić information content (AvgIpc) is 1.72. The van der Waals surface area contributed by atoms with Crippen LogP contribution in [0.3, 0.4) is 0 Å². The first-order chi connectivity index (χ1) is 70.2. The van der Waals surface area contributed by atoms with Gasteiger partial charge < -0.3 is 47.0 Å². The molecule has 1 saturated heterocycles. The average molecular weight is 2000 g/mol. The van der Waals surface area contributed by atoms with Crippen molar-refractivity contribution in [2.45, 2.75) is 101 Å². The Morgan fingerprint density at radius 3 is 1.33 bits per heavy atom. The summed E-state index contributed by atoms with van der Waals surface area (Å²) in [5.74, 6) is 0.139. The second-order valence-electron chi connectivity index (χ2n) is 33.3. The van der Waals surface area contributed by atoms with E-state index in [1.165, 1.54) is 35.5 Å². The van der Waals surface area contributed by atoms with Crippen LogP contribution in [-0.4, -0.2) is 134 Å². The first kappa shape index (κ1) is 106. The molecule has 147 heavy (non-hydrogen) atoms. The van der Waals surface area contributed by atoms with Gasteiger partial charge in [-0.25, -0.2) is 23.1 Å². The third-order valence-electron chi connectivity index (χ3n) is 23.5. The van der Waals surface area contributed by atoms with Gasteiger partial charge in [0, 0.05) is 81.6 Å². The molecule has 0 saturated carbocycles. The Kier molecular flexibility index (Phi) is 37.1. The van der Waals surface area contributed by atoms with Crippen LogP contribution in [0.15, 0.2) is 333 Å². The molecule has 0 spiro atoms. The Labute approximate surface area is 857 Å². The van der Waals surface area contributed by atoms with E-state index in [1.54, 1.807) is 172 Å². The number of carbonyl (C=O) groups is 4. The molecule has 4 amide bonds. The highest BCUT2D eigenvalue weighted by molar-refractivity contribution is 6.32. The van der Waals surface area contributed by atoms with E-state index < -0.39 is 17.5 Å². The lowest BCUT2D eigenvalue weighted by atomic mass is 10.1. The second-order valence-corrected chi connectivity index (χ2v) is 34.1. The highest BCUT2D eigenvalue weighted by Gasteiger charge is 2.28. The molecule has 0 radical (unpaired) electrons. The molecule has 11 aromatic carbocycles. The minimum atomic E-state index is -0.748. The maximum absolute atomic E-state index is 14.4. The van der Waals surface area contributed by atoms with E-state index in [0.29, 0.717) is 123 Å². The molecular formula is C113H100Cl2F3N23O6. The summed E-state index contributed by atoms with van der Waals surface area (Å²) < 4.78 is 59.9. The summed E-state index contributed by atoms with van der Waals surface area (Å²) in [6.45, 7) is 7.90. The number of aryl methyl sites for hydroxylation is 1. The summed E-state index contributed by atoms with van der Waals surface area (Å²) in [5, 5.41) is 72.2. The van der Waals surface area contributed by atoms with Crippen molar-refractivity contribution in [3.05, 3.63) is 469 Å². The topological polar surface area (TPSA) is 351 Å². The number of hydrogen-bond acceptors (Lipinski definition) is 21. The minimum Gasteiger partial charge on any atom is -0.467 e. The van der Waals surface area contributed by atoms with Crippen molar-refractivity contribution >= 4 is 86.1 Å². The normalized spacial score (nSPS) is 11.2.